The van der Waals surface area contributed by atoms with Gasteiger partial charge >= 0.3 is 0 Å². The van der Waals surface area contributed by atoms with Gasteiger partial charge in [-0.1, -0.05) is 18.6 Å². The van der Waals surface area contributed by atoms with Crippen molar-refractivity contribution in [2.75, 3.05) is 18.5 Å². The largest absolute Gasteiger partial charge is 0.392 e. The Balaban J connectivity index is 1.75. The Bertz CT molecular complexity index is 462. The smallest absolute Gasteiger partial charge is 0.146 e. The molecule has 2 saturated carbocycles. The summed E-state index contributed by atoms with van der Waals surface area (Å²) in [5, 5.41) is 9.36. The minimum absolute atomic E-state index is 0.103. The van der Waals surface area contributed by atoms with E-state index in [-0.39, 0.29) is 12.4 Å². The Hall–Kier alpha value is -1.09. The number of nitrogens with zero attached hydrogens (tertiary/aromatic N) is 1. The van der Waals surface area contributed by atoms with E-state index in [1.54, 1.807) is 12.1 Å². The Morgan fingerprint density at radius 2 is 2.16 bits per heavy atom. The van der Waals surface area contributed by atoms with E-state index in [9.17, 15) is 9.50 Å². The zero-order chi connectivity index (χ0) is 13.4. The number of hydrogen-bond donors (Lipinski definition) is 1. The number of benzene rings is 1. The number of para-hydroxylation sites is 1. The Morgan fingerprint density at radius 3 is 2.79 bits per heavy atom. The SMILES string of the molecule is CN(CC1CC2CCC1C2)c1c(F)cccc1CO. The highest BCUT2D eigenvalue weighted by Gasteiger charge is 2.39. The van der Waals surface area contributed by atoms with Crippen molar-refractivity contribution in [2.24, 2.45) is 17.8 Å². The van der Waals surface area contributed by atoms with E-state index in [0.29, 0.717) is 17.2 Å². The van der Waals surface area contributed by atoms with Gasteiger partial charge in [-0.15, -0.1) is 0 Å². The monoisotopic (exact) mass is 263 g/mol. The molecule has 2 nitrogen and oxygen atoms in total. The fraction of sp³-hybridized carbons (Fsp3) is 0.625. The number of aliphatic hydroxyl groups excluding tert-OH is 1. The minimum Gasteiger partial charge on any atom is -0.392 e. The van der Waals surface area contributed by atoms with Gasteiger partial charge in [0.1, 0.15) is 5.82 Å². The second-order valence-electron chi connectivity index (χ2n) is 6.22. The molecule has 3 rings (SSSR count). The van der Waals surface area contributed by atoms with Crippen LogP contribution in [0.5, 0.6) is 0 Å². The maximum atomic E-state index is 14.0. The van der Waals surface area contributed by atoms with Crippen molar-refractivity contribution in [1.29, 1.82) is 0 Å². The van der Waals surface area contributed by atoms with Crippen molar-refractivity contribution >= 4 is 5.69 Å². The second-order valence-corrected chi connectivity index (χ2v) is 6.22. The van der Waals surface area contributed by atoms with Crippen LogP contribution in [0, 0.1) is 23.6 Å². The molecule has 19 heavy (non-hydrogen) atoms. The number of anilines is 1. The molecule has 1 N–H and O–H groups in total. The summed E-state index contributed by atoms with van der Waals surface area (Å²) in [6, 6.07) is 4.94. The summed E-state index contributed by atoms with van der Waals surface area (Å²) < 4.78 is 14.0. The minimum atomic E-state index is -0.225. The highest BCUT2D eigenvalue weighted by molar-refractivity contribution is 5.54. The lowest BCUT2D eigenvalue weighted by atomic mass is 9.88. The summed E-state index contributed by atoms with van der Waals surface area (Å²) in [5.41, 5.74) is 1.26. The van der Waals surface area contributed by atoms with Crippen LogP contribution >= 0.6 is 0 Å². The van der Waals surface area contributed by atoms with E-state index >= 15 is 0 Å². The third kappa shape index (κ3) is 2.36. The van der Waals surface area contributed by atoms with Crippen LogP contribution in [0.15, 0.2) is 18.2 Å². The van der Waals surface area contributed by atoms with Gasteiger partial charge in [-0.3, -0.25) is 0 Å². The van der Waals surface area contributed by atoms with Gasteiger partial charge in [0.05, 0.1) is 12.3 Å². The topological polar surface area (TPSA) is 23.5 Å². The van der Waals surface area contributed by atoms with Gasteiger partial charge in [-0.25, -0.2) is 4.39 Å². The third-order valence-corrected chi connectivity index (χ3v) is 5.02. The quantitative estimate of drug-likeness (QED) is 0.901. The van der Waals surface area contributed by atoms with Crippen LogP contribution in [0.3, 0.4) is 0 Å². The molecule has 3 atom stereocenters. The van der Waals surface area contributed by atoms with E-state index in [2.05, 4.69) is 0 Å². The van der Waals surface area contributed by atoms with Crippen LogP contribution in [0.25, 0.3) is 0 Å². The van der Waals surface area contributed by atoms with Crippen LogP contribution in [-0.2, 0) is 6.61 Å². The average Bonchev–Trinajstić information content (AvgIpc) is 3.00. The molecule has 104 valence electrons. The molecule has 0 amide bonds. The summed E-state index contributed by atoms with van der Waals surface area (Å²) in [7, 11) is 1.95. The van der Waals surface area contributed by atoms with Crippen molar-refractivity contribution in [2.45, 2.75) is 32.3 Å². The molecule has 0 spiro atoms. The summed E-state index contributed by atoms with van der Waals surface area (Å²) in [6.07, 6.45) is 5.43. The molecule has 1 aromatic rings. The Labute approximate surface area is 114 Å². The fourth-order valence-corrected chi connectivity index (χ4v) is 4.16. The van der Waals surface area contributed by atoms with E-state index in [4.69, 9.17) is 0 Å². The zero-order valence-electron chi connectivity index (χ0n) is 11.5. The standard InChI is InChI=1S/C16H22FNO/c1-18(9-14-8-11-5-6-12(14)7-11)16-13(10-19)3-2-4-15(16)17/h2-4,11-12,14,19H,5-10H2,1H3. The molecule has 3 unspecified atom stereocenters. The summed E-state index contributed by atoms with van der Waals surface area (Å²) >= 11 is 0. The Kier molecular flexibility index (Phi) is 3.48. The van der Waals surface area contributed by atoms with Crippen molar-refractivity contribution in [3.05, 3.63) is 29.6 Å². The molecule has 3 heteroatoms. The molecule has 0 radical (unpaired) electrons. The molecule has 2 aliphatic carbocycles. The van der Waals surface area contributed by atoms with Gasteiger partial charge in [0.25, 0.3) is 0 Å². The predicted molar refractivity (Wildman–Crippen MR) is 74.5 cm³/mol. The first-order valence-electron chi connectivity index (χ1n) is 7.28. The molecule has 2 bridgehead atoms. The Morgan fingerprint density at radius 1 is 1.32 bits per heavy atom. The summed E-state index contributed by atoms with van der Waals surface area (Å²) in [6.45, 7) is 0.809. The van der Waals surface area contributed by atoms with Crippen LogP contribution in [0.4, 0.5) is 10.1 Å². The highest BCUT2D eigenvalue weighted by atomic mass is 19.1. The molecular formula is C16H22FNO. The van der Waals surface area contributed by atoms with Gasteiger partial charge in [0.2, 0.25) is 0 Å². The lowest BCUT2D eigenvalue weighted by Crippen LogP contribution is -2.30. The molecule has 2 aliphatic rings. The van der Waals surface area contributed by atoms with Crippen LogP contribution in [0.2, 0.25) is 0 Å². The normalized spacial score (nSPS) is 28.9. The molecule has 0 heterocycles. The van der Waals surface area contributed by atoms with Crippen LogP contribution in [-0.4, -0.2) is 18.7 Å². The van der Waals surface area contributed by atoms with Gasteiger partial charge in [0, 0.05) is 19.2 Å². The van der Waals surface area contributed by atoms with Crippen molar-refractivity contribution in [3.8, 4) is 0 Å². The third-order valence-electron chi connectivity index (χ3n) is 5.02. The number of hydrogen-bond acceptors (Lipinski definition) is 2. The first kappa shape index (κ1) is 12.9. The van der Waals surface area contributed by atoms with E-state index < -0.39 is 0 Å². The number of rotatable bonds is 4. The average molecular weight is 263 g/mol. The molecule has 1 aromatic carbocycles. The highest BCUT2D eigenvalue weighted by Crippen LogP contribution is 2.48. The molecule has 0 aromatic heterocycles. The predicted octanol–water partition coefficient (Wildman–Crippen LogP) is 3.19. The van der Waals surface area contributed by atoms with Gasteiger partial charge in [-0.05, 0) is 43.1 Å². The molecule has 0 saturated heterocycles. The van der Waals surface area contributed by atoms with Gasteiger partial charge < -0.3 is 10.0 Å². The van der Waals surface area contributed by atoms with Crippen LogP contribution in [0.1, 0.15) is 31.2 Å². The van der Waals surface area contributed by atoms with Crippen LogP contribution < -0.4 is 4.90 Å². The number of fused-ring (bicyclic) bond motifs is 2. The number of aliphatic hydroxyl groups is 1. The van der Waals surface area contributed by atoms with E-state index in [1.807, 2.05) is 11.9 Å². The summed E-state index contributed by atoms with van der Waals surface area (Å²) in [5.74, 6) is 2.24. The van der Waals surface area contributed by atoms with Crippen molar-refractivity contribution in [1.82, 2.24) is 0 Å². The maximum absolute atomic E-state index is 14.0. The van der Waals surface area contributed by atoms with Crippen molar-refractivity contribution < 1.29 is 9.50 Å². The van der Waals surface area contributed by atoms with Gasteiger partial charge in [-0.2, -0.15) is 0 Å². The molecule has 0 aliphatic heterocycles. The van der Waals surface area contributed by atoms with E-state index in [0.717, 1.165) is 18.4 Å². The lowest BCUT2D eigenvalue weighted by Gasteiger charge is -2.30. The number of halogens is 1. The zero-order valence-corrected chi connectivity index (χ0v) is 11.5. The second kappa shape index (κ2) is 5.12. The summed E-state index contributed by atoms with van der Waals surface area (Å²) in [4.78, 5) is 2.01. The van der Waals surface area contributed by atoms with Gasteiger partial charge in [0.15, 0.2) is 0 Å². The molecule has 2 fully saturated rings. The van der Waals surface area contributed by atoms with E-state index in [1.165, 1.54) is 31.7 Å². The maximum Gasteiger partial charge on any atom is 0.146 e. The first-order chi connectivity index (χ1) is 9.19. The lowest BCUT2D eigenvalue weighted by molar-refractivity contribution is 0.281. The first-order valence-corrected chi connectivity index (χ1v) is 7.28. The molecular weight excluding hydrogens is 241 g/mol. The van der Waals surface area contributed by atoms with Crippen molar-refractivity contribution in [3.63, 3.8) is 0 Å². The fourth-order valence-electron chi connectivity index (χ4n) is 4.16.